The van der Waals surface area contributed by atoms with Crippen LogP contribution in [0.4, 0.5) is 49.5 Å². The summed E-state index contributed by atoms with van der Waals surface area (Å²) in [7, 11) is -3.86. The van der Waals surface area contributed by atoms with Crippen molar-refractivity contribution in [2.24, 2.45) is 0 Å². The number of carboxylic acid groups (broad SMARTS) is 2. The van der Waals surface area contributed by atoms with E-state index in [2.05, 4.69) is 25.6 Å². The van der Waals surface area contributed by atoms with Crippen LogP contribution in [0.3, 0.4) is 0 Å². The standard InChI is InChI=1S/C30H27ClN8O4S.2C2HF3O2/c31-25-18-34-30-36-24-13-20(16-33-17-24)5-6-21-14-23(35-29(25)37-30)7-8-26(21)43-19-28(40)38-9-11-39(12-10-38)44(41,42)27-4-2-1-3-22(27)15-32;2*3-2(4,5)1(6)7/h1-4,7-8,13-14,16-18H,5-6,9-12,19H2,(H2,34,35,36,37);2*(H,6,7). The van der Waals surface area contributed by atoms with Crippen LogP contribution in [0.1, 0.15) is 16.7 Å². The number of aryl methyl sites for hydroxylation is 2. The molecule has 4 N–H and O–H groups in total. The molecule has 1 saturated heterocycles. The Labute approximate surface area is 329 Å². The van der Waals surface area contributed by atoms with Gasteiger partial charge in [0, 0.05) is 38.1 Å². The number of anilines is 4. The maximum atomic E-state index is 13.2. The number of nitrogens with zero attached hydrogens (tertiary/aromatic N) is 6. The number of carbonyl (C=O) groups is 3. The van der Waals surface area contributed by atoms with Gasteiger partial charge >= 0.3 is 24.3 Å². The second-order valence-corrected chi connectivity index (χ2v) is 14.1. The van der Waals surface area contributed by atoms with Crippen molar-refractivity contribution in [2.45, 2.75) is 30.1 Å². The highest BCUT2D eigenvalue weighted by atomic mass is 35.5. The first-order valence-corrected chi connectivity index (χ1v) is 18.1. The van der Waals surface area contributed by atoms with E-state index < -0.39 is 34.3 Å². The number of alkyl halides is 6. The van der Waals surface area contributed by atoms with Crippen LogP contribution in [-0.2, 0) is 37.2 Å². The summed E-state index contributed by atoms with van der Waals surface area (Å²) in [6, 6.07) is 15.6. The fourth-order valence-corrected chi connectivity index (χ4v) is 6.78. The number of rotatable bonds is 5. The SMILES string of the molecule is N#Cc1ccccc1S(=O)(=O)N1CCN(C(=O)COc2ccc3cc2CCc2cncc(c2)Nc2ncc(Cl)c(n2)N3)CC1.O=C(O)C(F)(F)F.O=C(O)C(F)(F)F. The summed E-state index contributed by atoms with van der Waals surface area (Å²) in [4.78, 5) is 45.5. The number of halogens is 7. The number of hydrogen-bond donors (Lipinski definition) is 4. The van der Waals surface area contributed by atoms with Crippen molar-refractivity contribution < 1.29 is 64.1 Å². The number of amides is 1. The largest absolute Gasteiger partial charge is 0.490 e. The highest BCUT2D eigenvalue weighted by Crippen LogP contribution is 2.30. The molecule has 0 radical (unpaired) electrons. The summed E-state index contributed by atoms with van der Waals surface area (Å²) in [6.07, 6.45) is -3.89. The van der Waals surface area contributed by atoms with Gasteiger partial charge < -0.3 is 30.5 Å². The molecule has 2 aromatic heterocycles. The Kier molecular flexibility index (Phi) is 14.4. The predicted molar refractivity (Wildman–Crippen MR) is 191 cm³/mol. The number of sulfonamides is 1. The summed E-state index contributed by atoms with van der Waals surface area (Å²) in [5.41, 5.74) is 3.44. The summed E-state index contributed by atoms with van der Waals surface area (Å²) in [6.45, 7) is 0.463. The van der Waals surface area contributed by atoms with Crippen LogP contribution in [-0.4, -0.2) is 106 Å². The molecule has 1 amide bonds. The van der Waals surface area contributed by atoms with E-state index >= 15 is 0 Å². The maximum Gasteiger partial charge on any atom is 0.490 e. The van der Waals surface area contributed by atoms with Gasteiger partial charge in [-0.1, -0.05) is 23.7 Å². The first-order valence-electron chi connectivity index (χ1n) is 16.3. The molecule has 0 unspecified atom stereocenters. The molecule has 0 atom stereocenters. The summed E-state index contributed by atoms with van der Waals surface area (Å²) in [5.74, 6) is -4.40. The Morgan fingerprint density at radius 2 is 1.52 bits per heavy atom. The van der Waals surface area contributed by atoms with Crippen molar-refractivity contribution >= 4 is 62.6 Å². The molecule has 16 nitrogen and oxygen atoms in total. The molecule has 0 aliphatic carbocycles. The number of hydrogen-bond acceptors (Lipinski definition) is 12. The lowest BCUT2D eigenvalue weighted by molar-refractivity contribution is -0.193. The molecule has 2 aliphatic rings. The predicted octanol–water partition coefficient (Wildman–Crippen LogP) is 5.16. The smallest absolute Gasteiger partial charge is 0.483 e. The molecule has 2 aliphatic heterocycles. The number of nitrogens with one attached hydrogen (secondary N) is 2. The topological polar surface area (TPSA) is 228 Å². The van der Waals surface area contributed by atoms with Crippen LogP contribution in [0.2, 0.25) is 5.02 Å². The van der Waals surface area contributed by atoms with E-state index in [1.807, 2.05) is 24.3 Å². The van der Waals surface area contributed by atoms with Gasteiger partial charge in [-0.25, -0.2) is 23.0 Å². The van der Waals surface area contributed by atoms with E-state index in [-0.39, 0.29) is 49.2 Å². The number of aliphatic carboxylic acids is 2. The zero-order valence-corrected chi connectivity index (χ0v) is 31.0. The quantitative estimate of drug-likeness (QED) is 0.190. The maximum absolute atomic E-state index is 13.2. The number of fused-ring (bicyclic) bond motifs is 6. The molecular weight excluding hydrogens is 830 g/mol. The summed E-state index contributed by atoms with van der Waals surface area (Å²) < 4.78 is 97.1. The molecule has 6 rings (SSSR count). The molecule has 4 heterocycles. The summed E-state index contributed by atoms with van der Waals surface area (Å²) in [5, 5.41) is 30.3. The van der Waals surface area contributed by atoms with Gasteiger partial charge in [0.25, 0.3) is 5.91 Å². The third-order valence-corrected chi connectivity index (χ3v) is 10.1. The molecule has 2 aromatic carbocycles. The second-order valence-electron chi connectivity index (χ2n) is 11.8. The fraction of sp³-hybridized carbons (Fsp3) is 0.265. The number of benzene rings is 2. The van der Waals surface area contributed by atoms with Crippen molar-refractivity contribution in [3.8, 4) is 11.8 Å². The molecule has 58 heavy (non-hydrogen) atoms. The Hall–Kier alpha value is -6.25. The molecular formula is C34H29ClF6N8O8S. The Balaban J connectivity index is 0.000000456. The molecule has 1 fully saturated rings. The number of carboxylic acids is 2. The average Bonchev–Trinajstić information content (AvgIpc) is 3.18. The third kappa shape index (κ3) is 12.1. The Morgan fingerprint density at radius 3 is 2.14 bits per heavy atom. The molecule has 4 aromatic rings. The van der Waals surface area contributed by atoms with Crippen LogP contribution < -0.4 is 15.4 Å². The van der Waals surface area contributed by atoms with E-state index in [1.165, 1.54) is 22.6 Å². The van der Waals surface area contributed by atoms with Gasteiger partial charge in [0.2, 0.25) is 16.0 Å². The van der Waals surface area contributed by atoms with Crippen LogP contribution in [0, 0.1) is 11.3 Å². The van der Waals surface area contributed by atoms with Crippen molar-refractivity contribution in [1.82, 2.24) is 24.2 Å². The van der Waals surface area contributed by atoms with Gasteiger partial charge in [0.05, 0.1) is 28.5 Å². The highest BCUT2D eigenvalue weighted by Gasteiger charge is 2.39. The van der Waals surface area contributed by atoms with Gasteiger partial charge in [0.1, 0.15) is 16.8 Å². The van der Waals surface area contributed by atoms with Crippen molar-refractivity contribution in [1.29, 1.82) is 5.26 Å². The lowest BCUT2D eigenvalue weighted by atomic mass is 10.0. The van der Waals surface area contributed by atoms with Crippen LogP contribution in [0.25, 0.3) is 0 Å². The van der Waals surface area contributed by atoms with Gasteiger partial charge in [-0.15, -0.1) is 0 Å². The van der Waals surface area contributed by atoms with Gasteiger partial charge in [0.15, 0.2) is 12.4 Å². The minimum Gasteiger partial charge on any atom is -0.483 e. The van der Waals surface area contributed by atoms with E-state index in [4.69, 9.17) is 36.1 Å². The molecule has 0 spiro atoms. The van der Waals surface area contributed by atoms with Crippen molar-refractivity contribution in [3.63, 3.8) is 0 Å². The fourth-order valence-electron chi connectivity index (χ4n) is 5.08. The zero-order chi connectivity index (χ0) is 42.8. The van der Waals surface area contributed by atoms with Gasteiger partial charge in [-0.2, -0.15) is 40.9 Å². The first-order chi connectivity index (χ1) is 27.2. The van der Waals surface area contributed by atoms with E-state index in [0.29, 0.717) is 35.4 Å². The number of piperazine rings is 1. The van der Waals surface area contributed by atoms with Crippen LogP contribution in [0.5, 0.6) is 5.75 Å². The third-order valence-electron chi connectivity index (χ3n) is 7.85. The number of aromatic nitrogens is 3. The molecule has 6 bridgehead atoms. The van der Waals surface area contributed by atoms with Crippen molar-refractivity contribution in [3.05, 3.63) is 88.8 Å². The van der Waals surface area contributed by atoms with Crippen LogP contribution in [0.15, 0.2) is 72.0 Å². The Bertz CT molecular complexity index is 2280. The second kappa shape index (κ2) is 18.8. The van der Waals surface area contributed by atoms with Gasteiger partial charge in [-0.05, 0) is 60.4 Å². The lowest BCUT2D eigenvalue weighted by Gasteiger charge is -2.34. The Morgan fingerprint density at radius 1 is 0.879 bits per heavy atom. The number of nitriles is 1. The monoisotopic (exact) mass is 858 g/mol. The highest BCUT2D eigenvalue weighted by molar-refractivity contribution is 7.89. The van der Waals surface area contributed by atoms with Crippen molar-refractivity contribution in [2.75, 3.05) is 43.4 Å². The first kappa shape index (κ1) is 44.5. The number of ether oxygens (including phenoxy) is 1. The minimum atomic E-state index is -5.08. The van der Waals surface area contributed by atoms with Gasteiger partial charge in [-0.3, -0.25) is 9.78 Å². The molecule has 308 valence electrons. The van der Waals surface area contributed by atoms with E-state index in [1.54, 1.807) is 35.5 Å². The van der Waals surface area contributed by atoms with E-state index in [9.17, 15) is 44.8 Å². The number of carbonyl (C=O) groups excluding carboxylic acids is 1. The molecule has 24 heteroatoms. The van der Waals surface area contributed by atoms with Crippen LogP contribution >= 0.6 is 11.6 Å². The number of pyridine rings is 1. The lowest BCUT2D eigenvalue weighted by Crippen LogP contribution is -2.51. The zero-order valence-electron chi connectivity index (χ0n) is 29.4. The van der Waals surface area contributed by atoms with E-state index in [0.717, 1.165) is 22.5 Å². The summed E-state index contributed by atoms with van der Waals surface area (Å²) >= 11 is 6.36. The minimum absolute atomic E-state index is 0.0288. The molecule has 0 saturated carbocycles. The average molecular weight is 859 g/mol. The normalized spacial score (nSPS) is 14.1.